The quantitative estimate of drug-likeness (QED) is 0.837. The number of nitrogens with zero attached hydrogens (tertiary/aromatic N) is 1. The van der Waals surface area contributed by atoms with Crippen LogP contribution in [0.1, 0.15) is 5.56 Å². The van der Waals surface area contributed by atoms with Gasteiger partial charge in [0.1, 0.15) is 5.82 Å². The molecule has 1 atom stereocenters. The van der Waals surface area contributed by atoms with Gasteiger partial charge in [0, 0.05) is 13.3 Å². The van der Waals surface area contributed by atoms with Crippen LogP contribution in [0.15, 0.2) is 34.0 Å². The van der Waals surface area contributed by atoms with Gasteiger partial charge in [0.05, 0.1) is 10.1 Å². The van der Waals surface area contributed by atoms with Crippen LogP contribution in [-0.2, 0) is 16.1 Å². The third-order valence-electron chi connectivity index (χ3n) is 2.59. The molecule has 0 aromatic heterocycles. The predicted molar refractivity (Wildman–Crippen MR) is 73.0 cm³/mol. The third kappa shape index (κ3) is 2.81. The van der Waals surface area contributed by atoms with E-state index in [1.165, 1.54) is 19.2 Å². The number of methoxy groups -OCH3 is 1. The minimum Gasteiger partial charge on any atom is -0.348 e. The lowest BCUT2D eigenvalue weighted by Crippen LogP contribution is -2.51. The van der Waals surface area contributed by atoms with Crippen molar-refractivity contribution in [1.82, 2.24) is 10.2 Å². The number of rotatable bonds is 3. The van der Waals surface area contributed by atoms with Gasteiger partial charge in [0.2, 0.25) is 6.35 Å². The first-order valence-corrected chi connectivity index (χ1v) is 6.39. The molecule has 1 aromatic rings. The minimum atomic E-state index is -0.499. The Labute approximate surface area is 118 Å². The standard InChI is InChI=1S/C12H12FIN2O2/c1-18-12-15-6-10(14)11(17)16(12)7-8-2-4-9(13)5-3-8/h2-6,12,15H,7H2,1H3. The van der Waals surface area contributed by atoms with Gasteiger partial charge in [0.25, 0.3) is 5.91 Å². The molecule has 1 unspecified atom stereocenters. The zero-order valence-electron chi connectivity index (χ0n) is 9.69. The second-order valence-electron chi connectivity index (χ2n) is 3.81. The molecule has 1 aliphatic heterocycles. The Morgan fingerprint density at radius 1 is 1.44 bits per heavy atom. The lowest BCUT2D eigenvalue weighted by molar-refractivity contribution is -0.143. The molecule has 96 valence electrons. The van der Waals surface area contributed by atoms with Gasteiger partial charge in [0.15, 0.2) is 0 Å². The number of carbonyl (C=O) groups is 1. The average Bonchev–Trinajstić information content (AvgIpc) is 2.38. The first-order valence-electron chi connectivity index (χ1n) is 5.32. The van der Waals surface area contributed by atoms with Crippen molar-refractivity contribution in [2.75, 3.05) is 7.11 Å². The van der Waals surface area contributed by atoms with E-state index >= 15 is 0 Å². The second kappa shape index (κ2) is 5.66. The Morgan fingerprint density at radius 2 is 2.11 bits per heavy atom. The number of halogens is 2. The Kier molecular flexibility index (Phi) is 4.18. The molecule has 0 radical (unpaired) electrons. The Bertz CT molecular complexity index is 475. The van der Waals surface area contributed by atoms with Crippen molar-refractivity contribution in [3.8, 4) is 0 Å². The van der Waals surface area contributed by atoms with Crippen LogP contribution in [0, 0.1) is 5.82 Å². The molecule has 0 saturated carbocycles. The number of hydrogen-bond acceptors (Lipinski definition) is 3. The van der Waals surface area contributed by atoms with Crippen molar-refractivity contribution in [3.05, 3.63) is 45.4 Å². The summed E-state index contributed by atoms with van der Waals surface area (Å²) in [6.07, 6.45) is 1.12. The summed E-state index contributed by atoms with van der Waals surface area (Å²) in [6.45, 7) is 0.366. The Hall–Kier alpha value is -1.15. The molecule has 1 aromatic carbocycles. The molecule has 1 aliphatic rings. The molecule has 18 heavy (non-hydrogen) atoms. The normalized spacial score (nSPS) is 19.5. The minimum absolute atomic E-state index is 0.106. The molecule has 0 saturated heterocycles. The lowest BCUT2D eigenvalue weighted by Gasteiger charge is -2.33. The third-order valence-corrected chi connectivity index (χ3v) is 3.36. The van der Waals surface area contributed by atoms with E-state index < -0.39 is 6.35 Å². The number of ether oxygens (including phenoxy) is 1. The van der Waals surface area contributed by atoms with Crippen LogP contribution in [0.2, 0.25) is 0 Å². The van der Waals surface area contributed by atoms with Crippen molar-refractivity contribution < 1.29 is 13.9 Å². The molecular formula is C12H12FIN2O2. The monoisotopic (exact) mass is 362 g/mol. The molecule has 1 amide bonds. The van der Waals surface area contributed by atoms with Gasteiger partial charge in [-0.25, -0.2) is 4.39 Å². The van der Waals surface area contributed by atoms with E-state index in [2.05, 4.69) is 5.32 Å². The Balaban J connectivity index is 2.17. The second-order valence-corrected chi connectivity index (χ2v) is 4.97. The summed E-state index contributed by atoms with van der Waals surface area (Å²) in [7, 11) is 1.52. The van der Waals surface area contributed by atoms with E-state index in [1.807, 2.05) is 22.6 Å². The molecule has 4 nitrogen and oxygen atoms in total. The Morgan fingerprint density at radius 3 is 2.72 bits per heavy atom. The fraction of sp³-hybridized carbons (Fsp3) is 0.250. The van der Waals surface area contributed by atoms with Gasteiger partial charge >= 0.3 is 0 Å². The highest BCUT2D eigenvalue weighted by atomic mass is 127. The van der Waals surface area contributed by atoms with Gasteiger partial charge in [-0.15, -0.1) is 0 Å². The van der Waals surface area contributed by atoms with Crippen molar-refractivity contribution in [2.24, 2.45) is 0 Å². The van der Waals surface area contributed by atoms with Crippen LogP contribution in [0.5, 0.6) is 0 Å². The van der Waals surface area contributed by atoms with Crippen molar-refractivity contribution in [2.45, 2.75) is 12.9 Å². The molecule has 2 rings (SSSR count). The zero-order valence-corrected chi connectivity index (χ0v) is 11.8. The number of amides is 1. The van der Waals surface area contributed by atoms with E-state index in [0.717, 1.165) is 5.56 Å². The first kappa shape index (κ1) is 13.3. The molecule has 0 spiro atoms. The van der Waals surface area contributed by atoms with Crippen molar-refractivity contribution in [1.29, 1.82) is 0 Å². The molecule has 0 bridgehead atoms. The van der Waals surface area contributed by atoms with Crippen LogP contribution in [0.4, 0.5) is 4.39 Å². The highest BCUT2D eigenvalue weighted by Crippen LogP contribution is 2.19. The molecule has 0 fully saturated rings. The van der Waals surface area contributed by atoms with Crippen LogP contribution in [-0.4, -0.2) is 24.3 Å². The smallest absolute Gasteiger partial charge is 0.265 e. The molecule has 0 aliphatic carbocycles. The summed E-state index contributed by atoms with van der Waals surface area (Å²) >= 11 is 1.96. The summed E-state index contributed by atoms with van der Waals surface area (Å²) in [5.41, 5.74) is 0.847. The topological polar surface area (TPSA) is 41.6 Å². The van der Waals surface area contributed by atoms with Crippen molar-refractivity contribution in [3.63, 3.8) is 0 Å². The van der Waals surface area contributed by atoms with E-state index in [0.29, 0.717) is 10.1 Å². The largest absolute Gasteiger partial charge is 0.348 e. The average molecular weight is 362 g/mol. The van der Waals surface area contributed by atoms with Gasteiger partial charge in [-0.05, 0) is 40.3 Å². The van der Waals surface area contributed by atoms with Gasteiger partial charge in [-0.2, -0.15) is 0 Å². The summed E-state index contributed by atoms with van der Waals surface area (Å²) in [5.74, 6) is -0.398. The van der Waals surface area contributed by atoms with Crippen LogP contribution in [0.25, 0.3) is 0 Å². The summed E-state index contributed by atoms with van der Waals surface area (Å²) < 4.78 is 18.6. The summed E-state index contributed by atoms with van der Waals surface area (Å²) in [6, 6.07) is 6.06. The number of nitrogens with one attached hydrogen (secondary N) is 1. The first-order chi connectivity index (χ1) is 8.61. The maximum absolute atomic E-state index is 12.8. The highest BCUT2D eigenvalue weighted by Gasteiger charge is 2.28. The van der Waals surface area contributed by atoms with E-state index in [-0.39, 0.29) is 11.7 Å². The SMILES string of the molecule is COC1NC=C(I)C(=O)N1Cc1ccc(F)cc1. The highest BCUT2D eigenvalue weighted by molar-refractivity contribution is 14.1. The van der Waals surface area contributed by atoms with Gasteiger partial charge < -0.3 is 10.1 Å². The maximum Gasteiger partial charge on any atom is 0.265 e. The van der Waals surface area contributed by atoms with E-state index in [1.54, 1.807) is 23.2 Å². The maximum atomic E-state index is 12.8. The fourth-order valence-electron chi connectivity index (χ4n) is 1.68. The molecular weight excluding hydrogens is 350 g/mol. The summed E-state index contributed by atoms with van der Waals surface area (Å²) in [4.78, 5) is 13.6. The fourth-order valence-corrected chi connectivity index (χ4v) is 2.17. The number of hydrogen-bond donors (Lipinski definition) is 1. The lowest BCUT2D eigenvalue weighted by atomic mass is 10.2. The molecule has 1 heterocycles. The van der Waals surface area contributed by atoms with Crippen LogP contribution < -0.4 is 5.32 Å². The molecule has 6 heteroatoms. The summed E-state index contributed by atoms with van der Waals surface area (Å²) in [5, 5.41) is 2.97. The van der Waals surface area contributed by atoms with Crippen molar-refractivity contribution >= 4 is 28.5 Å². The van der Waals surface area contributed by atoms with E-state index in [9.17, 15) is 9.18 Å². The van der Waals surface area contributed by atoms with Crippen LogP contribution >= 0.6 is 22.6 Å². The van der Waals surface area contributed by atoms with Crippen LogP contribution in [0.3, 0.4) is 0 Å². The molecule has 1 N–H and O–H groups in total. The van der Waals surface area contributed by atoms with E-state index in [4.69, 9.17) is 4.74 Å². The predicted octanol–water partition coefficient (Wildman–Crippen LogP) is 1.96. The number of carbonyl (C=O) groups excluding carboxylic acids is 1. The zero-order chi connectivity index (χ0) is 13.1. The number of benzene rings is 1. The van der Waals surface area contributed by atoms with Gasteiger partial charge in [-0.1, -0.05) is 12.1 Å². The van der Waals surface area contributed by atoms with Gasteiger partial charge in [-0.3, -0.25) is 9.69 Å².